The topological polar surface area (TPSA) is 52.3 Å². The fourth-order valence-corrected chi connectivity index (χ4v) is 2.61. The van der Waals surface area contributed by atoms with E-state index >= 15 is 0 Å². The van der Waals surface area contributed by atoms with Gasteiger partial charge in [0.15, 0.2) is 0 Å². The largest absolute Gasteiger partial charge is 0.465 e. The fourth-order valence-electron chi connectivity index (χ4n) is 1.70. The van der Waals surface area contributed by atoms with Crippen molar-refractivity contribution >= 4 is 23.4 Å². The van der Waals surface area contributed by atoms with Crippen LogP contribution in [-0.2, 0) is 10.5 Å². The summed E-state index contributed by atoms with van der Waals surface area (Å²) in [6.07, 6.45) is 0. The minimum absolute atomic E-state index is 0.0551. The number of nitrogen functional groups attached to an aromatic ring is 1. The van der Waals surface area contributed by atoms with Crippen LogP contribution in [0.3, 0.4) is 0 Å². The van der Waals surface area contributed by atoms with Crippen molar-refractivity contribution in [3.63, 3.8) is 0 Å². The van der Waals surface area contributed by atoms with Crippen molar-refractivity contribution in [3.05, 3.63) is 59.4 Å². The SMILES string of the molecule is COC(=O)c1ccc(CSc2ccccc2N)cc1F. The lowest BCUT2D eigenvalue weighted by molar-refractivity contribution is 0.0595. The number of ether oxygens (including phenoxy) is 1. The fraction of sp³-hybridized carbons (Fsp3) is 0.133. The molecule has 0 aliphatic rings. The molecule has 0 aliphatic heterocycles. The zero-order valence-corrected chi connectivity index (χ0v) is 11.7. The Labute approximate surface area is 120 Å². The number of hydrogen-bond acceptors (Lipinski definition) is 4. The summed E-state index contributed by atoms with van der Waals surface area (Å²) >= 11 is 1.52. The van der Waals surface area contributed by atoms with E-state index in [-0.39, 0.29) is 5.56 Å². The van der Waals surface area contributed by atoms with Gasteiger partial charge in [-0.2, -0.15) is 0 Å². The lowest BCUT2D eigenvalue weighted by Crippen LogP contribution is -2.04. The Bertz CT molecular complexity index is 631. The third-order valence-corrected chi connectivity index (χ3v) is 3.91. The van der Waals surface area contributed by atoms with E-state index in [1.165, 1.54) is 31.0 Å². The van der Waals surface area contributed by atoms with Gasteiger partial charge in [0.1, 0.15) is 5.82 Å². The van der Waals surface area contributed by atoms with Crippen LogP contribution in [0.25, 0.3) is 0 Å². The molecule has 2 aromatic rings. The molecule has 0 fully saturated rings. The standard InChI is InChI=1S/C15H14FNO2S/c1-19-15(18)11-7-6-10(8-12(11)16)9-20-14-5-3-2-4-13(14)17/h2-8H,9,17H2,1H3. The highest BCUT2D eigenvalue weighted by atomic mass is 32.2. The Morgan fingerprint density at radius 3 is 2.70 bits per heavy atom. The summed E-state index contributed by atoms with van der Waals surface area (Å²) in [5.74, 6) is -0.669. The maximum absolute atomic E-state index is 13.8. The zero-order chi connectivity index (χ0) is 14.5. The maximum Gasteiger partial charge on any atom is 0.340 e. The number of thioether (sulfide) groups is 1. The molecule has 0 spiro atoms. The van der Waals surface area contributed by atoms with Gasteiger partial charge in [-0.15, -0.1) is 11.8 Å². The van der Waals surface area contributed by atoms with Gasteiger partial charge in [0.05, 0.1) is 12.7 Å². The van der Waals surface area contributed by atoms with Crippen molar-refractivity contribution < 1.29 is 13.9 Å². The molecule has 0 aromatic heterocycles. The molecule has 104 valence electrons. The average Bonchev–Trinajstić information content (AvgIpc) is 2.46. The highest BCUT2D eigenvalue weighted by Crippen LogP contribution is 2.28. The first-order valence-electron chi connectivity index (χ1n) is 5.96. The van der Waals surface area contributed by atoms with Gasteiger partial charge in [-0.25, -0.2) is 9.18 Å². The van der Waals surface area contributed by atoms with Crippen molar-refractivity contribution in [1.82, 2.24) is 0 Å². The average molecular weight is 291 g/mol. The normalized spacial score (nSPS) is 10.3. The second kappa shape index (κ2) is 6.43. The first-order chi connectivity index (χ1) is 9.61. The van der Waals surface area contributed by atoms with Crippen molar-refractivity contribution in [2.75, 3.05) is 12.8 Å². The van der Waals surface area contributed by atoms with Crippen LogP contribution in [0.1, 0.15) is 15.9 Å². The van der Waals surface area contributed by atoms with E-state index in [0.717, 1.165) is 10.5 Å². The number of nitrogens with two attached hydrogens (primary N) is 1. The van der Waals surface area contributed by atoms with Crippen LogP contribution < -0.4 is 5.73 Å². The van der Waals surface area contributed by atoms with Crippen LogP contribution >= 0.6 is 11.8 Å². The van der Waals surface area contributed by atoms with Gasteiger partial charge >= 0.3 is 5.97 Å². The third kappa shape index (κ3) is 3.30. The summed E-state index contributed by atoms with van der Waals surface area (Å²) in [6, 6.07) is 12.0. The number of carbonyl (C=O) groups is 1. The number of hydrogen-bond donors (Lipinski definition) is 1. The first kappa shape index (κ1) is 14.4. The van der Waals surface area contributed by atoms with Crippen LogP contribution in [0.5, 0.6) is 0 Å². The van der Waals surface area contributed by atoms with E-state index in [4.69, 9.17) is 5.73 Å². The van der Waals surface area contributed by atoms with E-state index in [2.05, 4.69) is 4.74 Å². The van der Waals surface area contributed by atoms with E-state index in [1.807, 2.05) is 24.3 Å². The monoisotopic (exact) mass is 291 g/mol. The number of para-hydroxylation sites is 1. The molecule has 0 amide bonds. The summed E-state index contributed by atoms with van der Waals surface area (Å²) in [5.41, 5.74) is 7.26. The van der Waals surface area contributed by atoms with Crippen molar-refractivity contribution in [2.45, 2.75) is 10.6 Å². The first-order valence-corrected chi connectivity index (χ1v) is 6.94. The second-order valence-corrected chi connectivity index (χ2v) is 5.15. The Morgan fingerprint density at radius 1 is 1.30 bits per heavy atom. The molecule has 2 aromatic carbocycles. The van der Waals surface area contributed by atoms with Gasteiger partial charge in [-0.05, 0) is 29.8 Å². The van der Waals surface area contributed by atoms with Gasteiger partial charge in [0, 0.05) is 16.3 Å². The third-order valence-electron chi connectivity index (χ3n) is 2.75. The predicted molar refractivity (Wildman–Crippen MR) is 78.2 cm³/mol. The zero-order valence-electron chi connectivity index (χ0n) is 10.9. The molecule has 0 aliphatic carbocycles. The highest BCUT2D eigenvalue weighted by molar-refractivity contribution is 7.98. The molecule has 0 radical (unpaired) electrons. The quantitative estimate of drug-likeness (QED) is 0.532. The molecule has 0 saturated heterocycles. The van der Waals surface area contributed by atoms with Crippen molar-refractivity contribution in [3.8, 4) is 0 Å². The molecule has 0 heterocycles. The molecule has 0 unspecified atom stereocenters. The van der Waals surface area contributed by atoms with Gasteiger partial charge in [0.25, 0.3) is 0 Å². The van der Waals surface area contributed by atoms with Crippen LogP contribution in [-0.4, -0.2) is 13.1 Å². The Hall–Kier alpha value is -2.01. The van der Waals surface area contributed by atoms with Gasteiger partial charge in [-0.3, -0.25) is 0 Å². The summed E-state index contributed by atoms with van der Waals surface area (Å²) in [7, 11) is 1.23. The van der Waals surface area contributed by atoms with Crippen LogP contribution in [0.4, 0.5) is 10.1 Å². The number of carbonyl (C=O) groups excluding carboxylic acids is 1. The second-order valence-electron chi connectivity index (χ2n) is 4.13. The Morgan fingerprint density at radius 2 is 2.05 bits per heavy atom. The number of methoxy groups -OCH3 is 1. The van der Waals surface area contributed by atoms with Crippen molar-refractivity contribution in [1.29, 1.82) is 0 Å². The Kier molecular flexibility index (Phi) is 4.63. The molecule has 2 N–H and O–H groups in total. The molecule has 0 bridgehead atoms. The van der Waals surface area contributed by atoms with Crippen LogP contribution in [0, 0.1) is 5.82 Å². The number of esters is 1. The maximum atomic E-state index is 13.8. The molecule has 2 rings (SSSR count). The number of benzene rings is 2. The lowest BCUT2D eigenvalue weighted by atomic mass is 10.1. The van der Waals surface area contributed by atoms with Crippen molar-refractivity contribution in [2.24, 2.45) is 0 Å². The van der Waals surface area contributed by atoms with E-state index < -0.39 is 11.8 Å². The molecular formula is C15H14FNO2S. The molecule has 20 heavy (non-hydrogen) atoms. The highest BCUT2D eigenvalue weighted by Gasteiger charge is 2.12. The number of halogens is 1. The van der Waals surface area contributed by atoms with Crippen LogP contribution in [0.2, 0.25) is 0 Å². The smallest absolute Gasteiger partial charge is 0.340 e. The molecule has 3 nitrogen and oxygen atoms in total. The van der Waals surface area contributed by atoms with Crippen LogP contribution in [0.15, 0.2) is 47.4 Å². The number of rotatable bonds is 4. The predicted octanol–water partition coefficient (Wildman–Crippen LogP) is 3.49. The minimum Gasteiger partial charge on any atom is -0.465 e. The minimum atomic E-state index is -0.672. The lowest BCUT2D eigenvalue weighted by Gasteiger charge is -2.06. The van der Waals surface area contributed by atoms with Gasteiger partial charge in [-0.1, -0.05) is 18.2 Å². The molecule has 0 atom stereocenters. The summed E-state index contributed by atoms with van der Waals surface area (Å²) in [5, 5.41) is 0. The molecule has 5 heteroatoms. The summed E-state index contributed by atoms with van der Waals surface area (Å²) in [6.45, 7) is 0. The number of anilines is 1. The molecule has 0 saturated carbocycles. The van der Waals surface area contributed by atoms with E-state index in [1.54, 1.807) is 6.07 Å². The van der Waals surface area contributed by atoms with Gasteiger partial charge < -0.3 is 10.5 Å². The summed E-state index contributed by atoms with van der Waals surface area (Å²) in [4.78, 5) is 12.2. The molecular weight excluding hydrogens is 277 g/mol. The Balaban J connectivity index is 2.10. The van der Waals surface area contributed by atoms with E-state index in [9.17, 15) is 9.18 Å². The van der Waals surface area contributed by atoms with E-state index in [0.29, 0.717) is 11.4 Å². The summed E-state index contributed by atoms with van der Waals surface area (Å²) < 4.78 is 18.3. The van der Waals surface area contributed by atoms with Gasteiger partial charge in [0.2, 0.25) is 0 Å².